The highest BCUT2D eigenvalue weighted by Crippen LogP contribution is 2.33. The van der Waals surface area contributed by atoms with Crippen LogP contribution in [-0.2, 0) is 6.54 Å². The molecule has 0 fully saturated rings. The molecule has 148 valence electrons. The molecule has 0 saturated carbocycles. The van der Waals surface area contributed by atoms with Crippen LogP contribution in [0.3, 0.4) is 0 Å². The standard InChI is InChI=1S/C24H18N7/c1-26-22-12-15(4-7-21(22)31-25)18-8-10-27-14-23-19(18)13-29-24(30-23)17-5-6-20-16(11-17)3-2-9-28-20/h2-9,11-13,25-26H,14H2,1H3/q+1. The molecule has 5 rings (SSSR count). The molecule has 31 heavy (non-hydrogen) atoms. The lowest BCUT2D eigenvalue weighted by Crippen LogP contribution is -2.01. The first-order valence-electron chi connectivity index (χ1n) is 9.80. The van der Waals surface area contributed by atoms with Crippen molar-refractivity contribution >= 4 is 27.9 Å². The molecule has 1 aliphatic heterocycles. The van der Waals surface area contributed by atoms with E-state index in [1.807, 2.05) is 61.8 Å². The predicted molar refractivity (Wildman–Crippen MR) is 122 cm³/mol. The minimum atomic E-state index is 0.430. The topological polar surface area (TPSA) is 91.3 Å². The van der Waals surface area contributed by atoms with Gasteiger partial charge in [-0.1, -0.05) is 17.0 Å². The zero-order valence-corrected chi connectivity index (χ0v) is 16.8. The zero-order chi connectivity index (χ0) is 21.2. The summed E-state index contributed by atoms with van der Waals surface area (Å²) in [5.74, 6) is 0.653. The van der Waals surface area contributed by atoms with Crippen LogP contribution in [0.2, 0.25) is 0 Å². The van der Waals surface area contributed by atoms with E-state index in [1.54, 1.807) is 6.20 Å². The highest BCUT2D eigenvalue weighted by atomic mass is 15.0. The maximum atomic E-state index is 7.33. The number of hydrogen-bond acceptors (Lipinski definition) is 6. The van der Waals surface area contributed by atoms with Gasteiger partial charge in [0.15, 0.2) is 5.82 Å². The minimum Gasteiger partial charge on any atom is -0.386 e. The highest BCUT2D eigenvalue weighted by molar-refractivity contribution is 5.86. The Morgan fingerprint density at radius 1 is 1.10 bits per heavy atom. The molecule has 7 heteroatoms. The SMILES string of the molecule is CNc1cc(C2=CC#[N+]Cc3nc(-c4ccc5ncccc5c4)ncc32)ccc1N=N. The van der Waals surface area contributed by atoms with Crippen LogP contribution in [0.25, 0.3) is 32.7 Å². The van der Waals surface area contributed by atoms with E-state index in [0.717, 1.165) is 44.5 Å². The molecule has 4 aromatic rings. The molecule has 1 aliphatic rings. The Labute approximate surface area is 178 Å². The van der Waals surface area contributed by atoms with E-state index in [9.17, 15) is 0 Å². The number of fused-ring (bicyclic) bond motifs is 2. The number of aromatic nitrogens is 3. The summed E-state index contributed by atoms with van der Waals surface area (Å²) in [4.78, 5) is 18.2. The van der Waals surface area contributed by atoms with Crippen molar-refractivity contribution in [3.05, 3.63) is 88.7 Å². The quantitative estimate of drug-likeness (QED) is 0.429. The monoisotopic (exact) mass is 404 g/mol. The first kappa shape index (κ1) is 18.6. The van der Waals surface area contributed by atoms with Crippen molar-refractivity contribution in [3.63, 3.8) is 0 Å². The fraction of sp³-hybridized carbons (Fsp3) is 0.0833. The van der Waals surface area contributed by atoms with Gasteiger partial charge in [0.05, 0.1) is 17.3 Å². The number of nitrogens with zero attached hydrogens (tertiary/aromatic N) is 5. The molecule has 0 aliphatic carbocycles. The Morgan fingerprint density at radius 3 is 2.87 bits per heavy atom. The maximum Gasteiger partial charge on any atom is 0.306 e. The van der Waals surface area contributed by atoms with Gasteiger partial charge in [-0.15, -0.1) is 0 Å². The molecule has 0 saturated heterocycles. The fourth-order valence-electron chi connectivity index (χ4n) is 3.67. The summed E-state index contributed by atoms with van der Waals surface area (Å²) in [5.41, 5.74) is 14.2. The lowest BCUT2D eigenvalue weighted by Gasteiger charge is -2.12. The Kier molecular flexibility index (Phi) is 4.65. The van der Waals surface area contributed by atoms with Crippen molar-refractivity contribution in [2.75, 3.05) is 12.4 Å². The number of nitrogens with one attached hydrogen (secondary N) is 2. The molecule has 0 unspecified atom stereocenters. The van der Waals surface area contributed by atoms with E-state index < -0.39 is 0 Å². The minimum absolute atomic E-state index is 0.430. The van der Waals surface area contributed by atoms with Gasteiger partial charge in [-0.3, -0.25) is 4.98 Å². The Bertz CT molecular complexity index is 1430. The third-order valence-electron chi connectivity index (χ3n) is 5.25. The molecular weight excluding hydrogens is 386 g/mol. The van der Waals surface area contributed by atoms with Crippen molar-refractivity contribution in [3.8, 4) is 17.5 Å². The van der Waals surface area contributed by atoms with Crippen LogP contribution >= 0.6 is 0 Å². The van der Waals surface area contributed by atoms with E-state index in [0.29, 0.717) is 18.1 Å². The largest absolute Gasteiger partial charge is 0.386 e. The van der Waals surface area contributed by atoms with Crippen molar-refractivity contribution in [2.45, 2.75) is 6.54 Å². The number of anilines is 1. The molecule has 3 heterocycles. The normalized spacial score (nSPS) is 12.2. The lowest BCUT2D eigenvalue weighted by atomic mass is 9.96. The first-order valence-corrected chi connectivity index (χ1v) is 9.80. The lowest BCUT2D eigenvalue weighted by molar-refractivity contribution is 1.04. The molecule has 7 nitrogen and oxygen atoms in total. The predicted octanol–water partition coefficient (Wildman–Crippen LogP) is 5.67. The number of pyridine rings is 1. The van der Waals surface area contributed by atoms with Gasteiger partial charge >= 0.3 is 12.6 Å². The van der Waals surface area contributed by atoms with Gasteiger partial charge in [0.2, 0.25) is 0 Å². The van der Waals surface area contributed by atoms with Crippen LogP contribution in [0.1, 0.15) is 16.8 Å². The van der Waals surface area contributed by atoms with Gasteiger partial charge in [0.1, 0.15) is 11.4 Å². The zero-order valence-electron chi connectivity index (χ0n) is 16.8. The van der Waals surface area contributed by atoms with Gasteiger partial charge in [0, 0.05) is 41.5 Å². The summed E-state index contributed by atoms with van der Waals surface area (Å²) in [6.07, 6.45) is 5.48. The van der Waals surface area contributed by atoms with E-state index in [2.05, 4.69) is 37.4 Å². The van der Waals surface area contributed by atoms with E-state index >= 15 is 0 Å². The average Bonchev–Trinajstić information content (AvgIpc) is 3.05. The summed E-state index contributed by atoms with van der Waals surface area (Å²) >= 11 is 0. The van der Waals surface area contributed by atoms with E-state index in [4.69, 9.17) is 10.5 Å². The Hall–Kier alpha value is -4.44. The molecule has 0 atom stereocenters. The molecule has 2 aromatic carbocycles. The highest BCUT2D eigenvalue weighted by Gasteiger charge is 2.20. The Balaban J connectivity index is 1.59. The van der Waals surface area contributed by atoms with Crippen LogP contribution in [-0.4, -0.2) is 22.0 Å². The van der Waals surface area contributed by atoms with Gasteiger partial charge in [-0.05, 0) is 42.0 Å². The van der Waals surface area contributed by atoms with Crippen molar-refractivity contribution < 1.29 is 0 Å². The molecular formula is C24H18N7+. The molecule has 0 amide bonds. The van der Waals surface area contributed by atoms with Gasteiger partial charge in [-0.2, -0.15) is 5.11 Å². The van der Waals surface area contributed by atoms with E-state index in [-0.39, 0.29) is 0 Å². The number of benzene rings is 2. The molecule has 2 aromatic heterocycles. The smallest absolute Gasteiger partial charge is 0.306 e. The molecule has 0 radical (unpaired) electrons. The third-order valence-corrected chi connectivity index (χ3v) is 5.25. The summed E-state index contributed by atoms with van der Waals surface area (Å²) in [6.45, 7) is 0.430. The van der Waals surface area contributed by atoms with Crippen LogP contribution in [0.5, 0.6) is 0 Å². The number of allylic oxidation sites excluding steroid dienone is 1. The second kappa shape index (κ2) is 7.76. The second-order valence-electron chi connectivity index (χ2n) is 7.06. The molecule has 2 N–H and O–H groups in total. The molecule has 0 bridgehead atoms. The first-order chi connectivity index (χ1) is 15.3. The van der Waals surface area contributed by atoms with Crippen LogP contribution < -0.4 is 5.32 Å². The Morgan fingerprint density at radius 2 is 2.00 bits per heavy atom. The van der Waals surface area contributed by atoms with E-state index in [1.165, 1.54) is 0 Å². The van der Waals surface area contributed by atoms with Crippen molar-refractivity contribution in [1.29, 1.82) is 5.53 Å². The van der Waals surface area contributed by atoms with Crippen LogP contribution in [0.4, 0.5) is 11.4 Å². The number of rotatable bonds is 4. The molecule has 0 spiro atoms. The van der Waals surface area contributed by atoms with Gasteiger partial charge in [0.25, 0.3) is 0 Å². The van der Waals surface area contributed by atoms with Crippen molar-refractivity contribution in [2.24, 2.45) is 5.11 Å². The number of hydrogen-bond donors (Lipinski definition) is 2. The van der Waals surface area contributed by atoms with Gasteiger partial charge < -0.3 is 5.32 Å². The summed E-state index contributed by atoms with van der Waals surface area (Å²) < 4.78 is 0. The van der Waals surface area contributed by atoms with Crippen LogP contribution in [0, 0.1) is 11.6 Å². The summed E-state index contributed by atoms with van der Waals surface area (Å²) in [7, 11) is 1.81. The van der Waals surface area contributed by atoms with Crippen LogP contribution in [0.15, 0.2) is 72.1 Å². The average molecular weight is 404 g/mol. The fourth-order valence-corrected chi connectivity index (χ4v) is 3.67. The maximum absolute atomic E-state index is 7.33. The third kappa shape index (κ3) is 3.40. The van der Waals surface area contributed by atoms with Gasteiger partial charge in [-0.25, -0.2) is 15.5 Å². The summed E-state index contributed by atoms with van der Waals surface area (Å²) in [6, 6.07) is 18.7. The second-order valence-corrected chi connectivity index (χ2v) is 7.06. The van der Waals surface area contributed by atoms with Crippen molar-refractivity contribution in [1.82, 2.24) is 15.0 Å². The summed E-state index contributed by atoms with van der Waals surface area (Å²) in [5, 5.41) is 7.70.